The Bertz CT molecular complexity index is 50.0. The molecule has 68 valence electrons. The van der Waals surface area contributed by atoms with E-state index in [-0.39, 0.29) is 6.61 Å². The zero-order chi connectivity index (χ0) is 8.36. The van der Waals surface area contributed by atoms with E-state index >= 15 is 0 Å². The Balaban J connectivity index is 0.000000187. The molecule has 0 saturated carbocycles. The smallest absolute Gasteiger partial charge is 0.0823 e. The molecule has 1 N–H and O–H groups in total. The zero-order valence-electron chi connectivity index (χ0n) is 6.91. The van der Waals surface area contributed by atoms with Crippen LogP contribution in [0.15, 0.2) is 0 Å². The maximum Gasteiger partial charge on any atom is 0.0823 e. The lowest BCUT2D eigenvalue weighted by Crippen LogP contribution is -2.05. The third-order valence-corrected chi connectivity index (χ3v) is 1.08. The summed E-state index contributed by atoms with van der Waals surface area (Å²) in [6.45, 7) is 2.12. The summed E-state index contributed by atoms with van der Waals surface area (Å²) in [6, 6.07) is 0. The van der Waals surface area contributed by atoms with E-state index < -0.39 is 0 Å². The van der Waals surface area contributed by atoms with Crippen LogP contribution in [-0.2, 0) is 14.5 Å². The van der Waals surface area contributed by atoms with Gasteiger partial charge in [0.05, 0.1) is 26.4 Å². The highest BCUT2D eigenvalue weighted by Crippen LogP contribution is 1.97. The summed E-state index contributed by atoms with van der Waals surface area (Å²) >= 11 is 0. The molecule has 0 bridgehead atoms. The highest BCUT2D eigenvalue weighted by molar-refractivity contribution is 4.36. The summed E-state index contributed by atoms with van der Waals surface area (Å²) in [7, 11) is 1.55. The predicted molar refractivity (Wildman–Crippen MR) is 40.1 cm³/mol. The minimum atomic E-state index is 0.122. The number of hydrogen-bond donors (Lipinski definition) is 1. The summed E-state index contributed by atoms with van der Waals surface area (Å²) in [5.74, 6) is 0. The molecular weight excluding hydrogens is 148 g/mol. The van der Waals surface area contributed by atoms with Gasteiger partial charge in [-0.15, -0.1) is 0 Å². The van der Waals surface area contributed by atoms with Crippen LogP contribution in [0.4, 0.5) is 0 Å². The van der Waals surface area contributed by atoms with E-state index in [1.807, 2.05) is 0 Å². The lowest BCUT2D eigenvalue weighted by atomic mass is 10.3. The standard InChI is InChI=1S/C4H8O2.C3H8O2/c1-2-4-6-5-3-1;1-5-3-2-4/h1-4H2;4H,2-3H2,1H3. The lowest BCUT2D eigenvalue weighted by molar-refractivity contribution is -0.312. The Morgan fingerprint density at radius 1 is 1.27 bits per heavy atom. The fourth-order valence-corrected chi connectivity index (χ4v) is 0.531. The molecule has 4 heteroatoms. The third kappa shape index (κ3) is 9.84. The Morgan fingerprint density at radius 3 is 1.91 bits per heavy atom. The van der Waals surface area contributed by atoms with Crippen molar-refractivity contribution in [3.8, 4) is 0 Å². The van der Waals surface area contributed by atoms with Crippen molar-refractivity contribution in [3.05, 3.63) is 0 Å². The van der Waals surface area contributed by atoms with Crippen molar-refractivity contribution in [3.63, 3.8) is 0 Å². The van der Waals surface area contributed by atoms with E-state index in [0.29, 0.717) is 6.61 Å². The van der Waals surface area contributed by atoms with Gasteiger partial charge in [0.15, 0.2) is 0 Å². The second-order valence-electron chi connectivity index (χ2n) is 2.07. The third-order valence-electron chi connectivity index (χ3n) is 1.08. The van der Waals surface area contributed by atoms with Crippen molar-refractivity contribution in [1.29, 1.82) is 0 Å². The molecule has 0 aliphatic carbocycles. The van der Waals surface area contributed by atoms with Gasteiger partial charge in [0.1, 0.15) is 0 Å². The topological polar surface area (TPSA) is 47.9 Å². The van der Waals surface area contributed by atoms with E-state index in [4.69, 9.17) is 5.11 Å². The van der Waals surface area contributed by atoms with E-state index in [2.05, 4.69) is 14.5 Å². The molecule has 1 fully saturated rings. The molecule has 0 aromatic carbocycles. The Labute approximate surface area is 67.0 Å². The molecule has 0 radical (unpaired) electrons. The molecule has 0 unspecified atom stereocenters. The largest absolute Gasteiger partial charge is 0.394 e. The van der Waals surface area contributed by atoms with E-state index in [0.717, 1.165) is 26.1 Å². The number of aliphatic hydroxyl groups excluding tert-OH is 1. The molecule has 0 atom stereocenters. The van der Waals surface area contributed by atoms with Gasteiger partial charge in [0, 0.05) is 7.11 Å². The number of ether oxygens (including phenoxy) is 1. The van der Waals surface area contributed by atoms with Gasteiger partial charge in [-0.25, -0.2) is 9.78 Å². The minimum absolute atomic E-state index is 0.122. The van der Waals surface area contributed by atoms with E-state index in [1.165, 1.54) is 0 Å². The van der Waals surface area contributed by atoms with Gasteiger partial charge in [0.25, 0.3) is 0 Å². The highest BCUT2D eigenvalue weighted by Gasteiger charge is 1.95. The molecule has 1 aliphatic rings. The van der Waals surface area contributed by atoms with Gasteiger partial charge in [-0.05, 0) is 12.8 Å². The molecule has 1 heterocycles. The Kier molecular flexibility index (Phi) is 9.70. The number of hydrogen-bond acceptors (Lipinski definition) is 4. The van der Waals surface area contributed by atoms with Crippen LogP contribution >= 0.6 is 0 Å². The summed E-state index contributed by atoms with van der Waals surface area (Å²) < 4.78 is 4.44. The number of aliphatic hydroxyl groups is 1. The van der Waals surface area contributed by atoms with Crippen molar-refractivity contribution < 1.29 is 19.6 Å². The summed E-state index contributed by atoms with van der Waals surface area (Å²) in [5.41, 5.74) is 0. The molecule has 1 saturated heterocycles. The van der Waals surface area contributed by atoms with Crippen molar-refractivity contribution in [1.82, 2.24) is 0 Å². The Hall–Kier alpha value is -0.160. The van der Waals surface area contributed by atoms with Gasteiger partial charge in [-0.1, -0.05) is 0 Å². The second-order valence-corrected chi connectivity index (χ2v) is 2.07. The summed E-state index contributed by atoms with van der Waals surface area (Å²) in [6.07, 6.45) is 2.31. The zero-order valence-corrected chi connectivity index (χ0v) is 6.91. The molecular formula is C7H16O4. The lowest BCUT2D eigenvalue weighted by Gasteiger charge is -2.07. The normalized spacial score (nSPS) is 16.9. The molecule has 1 aliphatic heterocycles. The van der Waals surface area contributed by atoms with Gasteiger partial charge in [0.2, 0.25) is 0 Å². The van der Waals surface area contributed by atoms with Crippen LogP contribution in [0.5, 0.6) is 0 Å². The van der Waals surface area contributed by atoms with Crippen LogP contribution in [0.25, 0.3) is 0 Å². The quantitative estimate of drug-likeness (QED) is 0.598. The molecule has 0 aromatic rings. The Morgan fingerprint density at radius 2 is 1.82 bits per heavy atom. The number of rotatable bonds is 2. The summed E-state index contributed by atoms with van der Waals surface area (Å²) in [4.78, 5) is 9.14. The van der Waals surface area contributed by atoms with Crippen LogP contribution in [0, 0.1) is 0 Å². The second kappa shape index (κ2) is 9.84. The van der Waals surface area contributed by atoms with E-state index in [1.54, 1.807) is 7.11 Å². The van der Waals surface area contributed by atoms with Crippen molar-refractivity contribution in [2.24, 2.45) is 0 Å². The summed E-state index contributed by atoms with van der Waals surface area (Å²) in [5, 5.41) is 7.94. The maximum atomic E-state index is 7.94. The predicted octanol–water partition coefficient (Wildman–Crippen LogP) is 0.353. The van der Waals surface area contributed by atoms with Crippen LogP contribution in [0.3, 0.4) is 0 Å². The monoisotopic (exact) mass is 164 g/mol. The average molecular weight is 164 g/mol. The van der Waals surface area contributed by atoms with Crippen LogP contribution in [0.2, 0.25) is 0 Å². The first kappa shape index (κ1) is 10.8. The van der Waals surface area contributed by atoms with Crippen LogP contribution < -0.4 is 0 Å². The van der Waals surface area contributed by atoms with Gasteiger partial charge in [-0.3, -0.25) is 0 Å². The SMILES string of the molecule is C1CCOOC1.COCCO. The first-order valence-corrected chi connectivity index (χ1v) is 3.76. The van der Waals surface area contributed by atoms with Crippen LogP contribution in [0.1, 0.15) is 12.8 Å². The highest BCUT2D eigenvalue weighted by atomic mass is 17.2. The fraction of sp³-hybridized carbons (Fsp3) is 1.00. The van der Waals surface area contributed by atoms with E-state index in [9.17, 15) is 0 Å². The van der Waals surface area contributed by atoms with Crippen molar-refractivity contribution in [2.45, 2.75) is 12.8 Å². The molecule has 0 aromatic heterocycles. The molecule has 0 amide bonds. The first-order chi connectivity index (χ1) is 5.41. The first-order valence-electron chi connectivity index (χ1n) is 3.76. The van der Waals surface area contributed by atoms with Crippen molar-refractivity contribution >= 4 is 0 Å². The molecule has 1 rings (SSSR count). The van der Waals surface area contributed by atoms with Crippen LogP contribution in [-0.4, -0.2) is 38.6 Å². The van der Waals surface area contributed by atoms with Crippen molar-refractivity contribution in [2.75, 3.05) is 33.5 Å². The van der Waals surface area contributed by atoms with Gasteiger partial charge < -0.3 is 9.84 Å². The fourth-order valence-electron chi connectivity index (χ4n) is 0.531. The average Bonchev–Trinajstić information content (AvgIpc) is 2.10. The molecule has 11 heavy (non-hydrogen) atoms. The van der Waals surface area contributed by atoms with Gasteiger partial charge >= 0.3 is 0 Å². The molecule has 0 spiro atoms. The maximum absolute atomic E-state index is 7.94. The minimum Gasteiger partial charge on any atom is -0.394 e. The molecule has 4 nitrogen and oxygen atoms in total. The number of methoxy groups -OCH3 is 1. The van der Waals surface area contributed by atoms with Gasteiger partial charge in [-0.2, -0.15) is 0 Å².